The normalized spacial score (nSPS) is 14.6. The molecular weight excluding hydrogens is 334 g/mol. The van der Waals surface area contributed by atoms with Gasteiger partial charge in [0.15, 0.2) is 0 Å². The summed E-state index contributed by atoms with van der Waals surface area (Å²) in [6.07, 6.45) is 5.30. The summed E-state index contributed by atoms with van der Waals surface area (Å²) >= 11 is 0. The molecule has 3 N–H and O–H groups in total. The first-order valence-electron chi connectivity index (χ1n) is 9.65. The van der Waals surface area contributed by atoms with Crippen LogP contribution in [0.3, 0.4) is 0 Å². The van der Waals surface area contributed by atoms with Gasteiger partial charge in [-0.3, -0.25) is 4.79 Å². The molecule has 0 heterocycles. The number of fused-ring (bicyclic) bond motifs is 2. The standard InChI is InChI=1S/C23H29N3O/c1-26(2)15-5-8-21-20-7-4-3-6-17(20)9-10-18-11-12-19(16-22(18)21)23(27)25-14-13-24/h3-4,6-8,11-12,16H,5,9-10,13-15,24H2,1-2H3,(H,25,27)/b21-8+. The molecule has 2 aromatic carbocycles. The minimum absolute atomic E-state index is 0.0616. The Hall–Kier alpha value is -2.43. The first kappa shape index (κ1) is 19.3. The molecule has 0 saturated heterocycles. The molecule has 4 nitrogen and oxygen atoms in total. The summed E-state index contributed by atoms with van der Waals surface area (Å²) in [6, 6.07) is 14.7. The summed E-state index contributed by atoms with van der Waals surface area (Å²) in [6.45, 7) is 1.93. The maximum atomic E-state index is 12.4. The fourth-order valence-electron chi connectivity index (χ4n) is 3.58. The van der Waals surface area contributed by atoms with E-state index >= 15 is 0 Å². The van der Waals surface area contributed by atoms with Crippen LogP contribution < -0.4 is 11.1 Å². The topological polar surface area (TPSA) is 58.4 Å². The lowest BCUT2D eigenvalue weighted by atomic mass is 9.91. The number of aryl methyl sites for hydroxylation is 2. The number of rotatable bonds is 6. The second-order valence-electron chi connectivity index (χ2n) is 7.28. The van der Waals surface area contributed by atoms with Crippen molar-refractivity contribution >= 4 is 11.5 Å². The van der Waals surface area contributed by atoms with Gasteiger partial charge in [-0.05, 0) is 73.3 Å². The van der Waals surface area contributed by atoms with Crippen molar-refractivity contribution in [3.05, 3.63) is 76.4 Å². The number of carbonyl (C=O) groups excluding carboxylic acids is 1. The van der Waals surface area contributed by atoms with Crippen molar-refractivity contribution < 1.29 is 4.79 Å². The van der Waals surface area contributed by atoms with Crippen molar-refractivity contribution in [1.82, 2.24) is 10.2 Å². The Morgan fingerprint density at radius 2 is 1.85 bits per heavy atom. The number of nitrogens with one attached hydrogen (secondary N) is 1. The van der Waals surface area contributed by atoms with E-state index in [0.717, 1.165) is 25.8 Å². The molecule has 0 fully saturated rings. The van der Waals surface area contributed by atoms with E-state index in [1.165, 1.54) is 27.8 Å². The second-order valence-corrected chi connectivity index (χ2v) is 7.28. The zero-order valence-corrected chi connectivity index (χ0v) is 16.3. The van der Waals surface area contributed by atoms with Gasteiger partial charge in [-0.15, -0.1) is 0 Å². The lowest BCUT2D eigenvalue weighted by Crippen LogP contribution is -2.29. The van der Waals surface area contributed by atoms with Crippen molar-refractivity contribution in [3.63, 3.8) is 0 Å². The van der Waals surface area contributed by atoms with E-state index in [0.29, 0.717) is 18.7 Å². The highest BCUT2D eigenvalue weighted by molar-refractivity contribution is 5.96. The van der Waals surface area contributed by atoms with E-state index in [4.69, 9.17) is 5.73 Å². The Bertz CT molecular complexity index is 839. The van der Waals surface area contributed by atoms with E-state index in [9.17, 15) is 4.79 Å². The van der Waals surface area contributed by atoms with Gasteiger partial charge >= 0.3 is 0 Å². The zero-order valence-electron chi connectivity index (χ0n) is 16.3. The molecular formula is C23H29N3O. The van der Waals surface area contributed by atoms with Crippen LogP contribution in [-0.4, -0.2) is 44.5 Å². The van der Waals surface area contributed by atoms with Gasteiger partial charge in [-0.1, -0.05) is 36.4 Å². The van der Waals surface area contributed by atoms with E-state index in [2.05, 4.69) is 60.7 Å². The van der Waals surface area contributed by atoms with Crippen LogP contribution in [0.1, 0.15) is 39.0 Å². The highest BCUT2D eigenvalue weighted by Crippen LogP contribution is 2.34. The summed E-state index contributed by atoms with van der Waals surface area (Å²) in [7, 11) is 4.18. The van der Waals surface area contributed by atoms with Crippen molar-refractivity contribution in [2.24, 2.45) is 5.73 Å². The number of carbonyl (C=O) groups is 1. The van der Waals surface area contributed by atoms with Gasteiger partial charge in [0.2, 0.25) is 0 Å². The monoisotopic (exact) mass is 363 g/mol. The fraction of sp³-hybridized carbons (Fsp3) is 0.348. The molecule has 0 radical (unpaired) electrons. The van der Waals surface area contributed by atoms with Crippen LogP contribution in [0.4, 0.5) is 0 Å². The van der Waals surface area contributed by atoms with Gasteiger partial charge in [0.25, 0.3) is 5.91 Å². The highest BCUT2D eigenvalue weighted by Gasteiger charge is 2.19. The summed E-state index contributed by atoms with van der Waals surface area (Å²) in [4.78, 5) is 14.6. The lowest BCUT2D eigenvalue weighted by Gasteiger charge is -2.15. The molecule has 0 unspecified atom stereocenters. The Labute approximate surface area is 162 Å². The number of benzene rings is 2. The average Bonchev–Trinajstić information content (AvgIpc) is 2.83. The Morgan fingerprint density at radius 1 is 1.11 bits per heavy atom. The molecule has 27 heavy (non-hydrogen) atoms. The molecule has 0 atom stereocenters. The minimum Gasteiger partial charge on any atom is -0.351 e. The number of hydrogen-bond donors (Lipinski definition) is 2. The van der Waals surface area contributed by atoms with Crippen molar-refractivity contribution in [3.8, 4) is 0 Å². The van der Waals surface area contributed by atoms with Crippen LogP contribution in [0.2, 0.25) is 0 Å². The third kappa shape index (κ3) is 4.65. The average molecular weight is 364 g/mol. The van der Waals surface area contributed by atoms with Gasteiger partial charge in [0, 0.05) is 25.2 Å². The summed E-state index contributed by atoms with van der Waals surface area (Å²) in [5.74, 6) is -0.0616. The minimum atomic E-state index is -0.0616. The van der Waals surface area contributed by atoms with Gasteiger partial charge in [0.1, 0.15) is 0 Å². The fourth-order valence-corrected chi connectivity index (χ4v) is 3.58. The van der Waals surface area contributed by atoms with Gasteiger partial charge in [0.05, 0.1) is 0 Å². The quantitative estimate of drug-likeness (QED) is 0.830. The molecule has 0 saturated carbocycles. The van der Waals surface area contributed by atoms with Crippen LogP contribution in [0.5, 0.6) is 0 Å². The van der Waals surface area contributed by atoms with Gasteiger partial charge in [-0.2, -0.15) is 0 Å². The molecule has 4 heteroatoms. The molecule has 1 aliphatic rings. The van der Waals surface area contributed by atoms with Crippen LogP contribution in [0.25, 0.3) is 5.57 Å². The Kier molecular flexibility index (Phi) is 6.43. The number of nitrogens with zero attached hydrogens (tertiary/aromatic N) is 1. The first-order valence-corrected chi connectivity index (χ1v) is 9.65. The third-order valence-electron chi connectivity index (χ3n) is 4.99. The maximum Gasteiger partial charge on any atom is 0.251 e. The lowest BCUT2D eigenvalue weighted by molar-refractivity contribution is 0.0954. The molecule has 1 amide bonds. The summed E-state index contributed by atoms with van der Waals surface area (Å²) < 4.78 is 0. The largest absolute Gasteiger partial charge is 0.351 e. The van der Waals surface area contributed by atoms with E-state index in [-0.39, 0.29) is 5.91 Å². The second kappa shape index (κ2) is 8.98. The number of hydrogen-bond acceptors (Lipinski definition) is 3. The zero-order chi connectivity index (χ0) is 19.2. The predicted molar refractivity (Wildman–Crippen MR) is 112 cm³/mol. The predicted octanol–water partition coefficient (Wildman–Crippen LogP) is 2.86. The summed E-state index contributed by atoms with van der Waals surface area (Å²) in [5.41, 5.74) is 12.6. The highest BCUT2D eigenvalue weighted by atomic mass is 16.1. The van der Waals surface area contributed by atoms with E-state index < -0.39 is 0 Å². The molecule has 1 aliphatic carbocycles. The maximum absolute atomic E-state index is 12.4. The van der Waals surface area contributed by atoms with Gasteiger partial charge in [-0.25, -0.2) is 0 Å². The van der Waals surface area contributed by atoms with Crippen LogP contribution in [0.15, 0.2) is 48.5 Å². The van der Waals surface area contributed by atoms with Crippen molar-refractivity contribution in [2.75, 3.05) is 33.7 Å². The SMILES string of the molecule is CN(C)CC/C=C1\c2ccccc2CCc2ccc(C(=O)NCCN)cc21. The van der Waals surface area contributed by atoms with Crippen molar-refractivity contribution in [2.45, 2.75) is 19.3 Å². The van der Waals surface area contributed by atoms with Crippen molar-refractivity contribution in [1.29, 1.82) is 0 Å². The van der Waals surface area contributed by atoms with E-state index in [1.807, 2.05) is 12.1 Å². The van der Waals surface area contributed by atoms with Crippen LogP contribution in [0, 0.1) is 0 Å². The third-order valence-corrected chi connectivity index (χ3v) is 4.99. The van der Waals surface area contributed by atoms with Crippen LogP contribution in [-0.2, 0) is 12.8 Å². The Balaban J connectivity index is 2.04. The smallest absolute Gasteiger partial charge is 0.251 e. The summed E-state index contributed by atoms with van der Waals surface area (Å²) in [5, 5.41) is 2.87. The number of nitrogens with two attached hydrogens (primary N) is 1. The molecule has 0 aromatic heterocycles. The first-order chi connectivity index (χ1) is 13.1. The molecule has 0 spiro atoms. The molecule has 3 rings (SSSR count). The molecule has 0 bridgehead atoms. The Morgan fingerprint density at radius 3 is 2.59 bits per heavy atom. The number of amides is 1. The molecule has 142 valence electrons. The van der Waals surface area contributed by atoms with Gasteiger partial charge < -0.3 is 16.0 Å². The van der Waals surface area contributed by atoms with Crippen LogP contribution >= 0.6 is 0 Å². The van der Waals surface area contributed by atoms with E-state index in [1.54, 1.807) is 0 Å². The molecule has 0 aliphatic heterocycles. The molecule has 2 aromatic rings.